The van der Waals surface area contributed by atoms with Crippen LogP contribution in [0.2, 0.25) is 5.02 Å². The van der Waals surface area contributed by atoms with Crippen LogP contribution in [0.4, 0.5) is 21.8 Å². The lowest BCUT2D eigenvalue weighted by molar-refractivity contribution is -0.125. The number of rotatable bonds is 6. The van der Waals surface area contributed by atoms with E-state index in [1.165, 1.54) is 6.07 Å². The monoisotopic (exact) mass is 439 g/mol. The third-order valence-corrected chi connectivity index (χ3v) is 5.56. The van der Waals surface area contributed by atoms with Crippen molar-refractivity contribution in [2.24, 2.45) is 5.92 Å². The Morgan fingerprint density at radius 1 is 1.10 bits per heavy atom. The molecule has 0 spiro atoms. The fourth-order valence-electron chi connectivity index (χ4n) is 3.55. The summed E-state index contributed by atoms with van der Waals surface area (Å²) in [7, 11) is 0. The molecular weight excluding hydrogens is 417 g/mol. The van der Waals surface area contributed by atoms with Gasteiger partial charge in [0.05, 0.1) is 5.69 Å². The Kier molecular flexibility index (Phi) is 6.62. The van der Waals surface area contributed by atoms with Crippen LogP contribution >= 0.6 is 11.6 Å². The van der Waals surface area contributed by atoms with Crippen molar-refractivity contribution < 1.29 is 9.18 Å². The number of carbonyl (C=O) groups is 1. The molecule has 160 valence electrons. The molecule has 8 heteroatoms. The van der Waals surface area contributed by atoms with E-state index in [2.05, 4.69) is 25.5 Å². The second kappa shape index (κ2) is 9.75. The number of piperidine rings is 1. The van der Waals surface area contributed by atoms with E-state index >= 15 is 0 Å². The summed E-state index contributed by atoms with van der Waals surface area (Å²) in [5.41, 5.74) is 1.38. The molecule has 1 aromatic heterocycles. The Hall–Kier alpha value is -3.19. The molecule has 0 bridgehead atoms. The molecule has 0 saturated carbocycles. The van der Waals surface area contributed by atoms with Crippen LogP contribution in [0.25, 0.3) is 0 Å². The average molecular weight is 440 g/mol. The number of carbonyl (C=O) groups excluding carboxylic acids is 1. The highest BCUT2D eigenvalue weighted by Gasteiger charge is 2.26. The molecule has 2 aromatic carbocycles. The average Bonchev–Trinajstić information content (AvgIpc) is 2.80. The summed E-state index contributed by atoms with van der Waals surface area (Å²) in [6.07, 6.45) is 3.10. The molecule has 0 aliphatic carbocycles. The van der Waals surface area contributed by atoms with Gasteiger partial charge in [0, 0.05) is 36.8 Å². The predicted octanol–water partition coefficient (Wildman–Crippen LogP) is 4.55. The van der Waals surface area contributed by atoms with Gasteiger partial charge in [-0.3, -0.25) is 4.79 Å². The Labute approximate surface area is 185 Å². The molecule has 4 rings (SSSR count). The van der Waals surface area contributed by atoms with Gasteiger partial charge in [-0.15, -0.1) is 0 Å². The van der Waals surface area contributed by atoms with Gasteiger partial charge in [-0.1, -0.05) is 35.9 Å². The molecule has 1 amide bonds. The number of aromatic nitrogens is 2. The predicted molar refractivity (Wildman–Crippen MR) is 120 cm³/mol. The number of hydrogen-bond acceptors (Lipinski definition) is 5. The van der Waals surface area contributed by atoms with E-state index in [0.717, 1.165) is 18.4 Å². The molecule has 2 N–H and O–H groups in total. The smallest absolute Gasteiger partial charge is 0.227 e. The summed E-state index contributed by atoms with van der Waals surface area (Å²) in [5.74, 6) is 0.779. The minimum Gasteiger partial charge on any atom is -0.352 e. The van der Waals surface area contributed by atoms with Crippen molar-refractivity contribution in [1.82, 2.24) is 15.3 Å². The van der Waals surface area contributed by atoms with Crippen molar-refractivity contribution in [2.75, 3.05) is 23.3 Å². The third kappa shape index (κ3) is 5.49. The summed E-state index contributed by atoms with van der Waals surface area (Å²) in [6, 6.07) is 15.6. The maximum absolute atomic E-state index is 13.9. The zero-order valence-electron chi connectivity index (χ0n) is 16.9. The van der Waals surface area contributed by atoms with E-state index in [-0.39, 0.29) is 17.6 Å². The summed E-state index contributed by atoms with van der Waals surface area (Å²) < 4.78 is 13.9. The van der Waals surface area contributed by atoms with E-state index in [0.29, 0.717) is 42.1 Å². The normalized spacial score (nSPS) is 14.3. The van der Waals surface area contributed by atoms with Gasteiger partial charge in [0.1, 0.15) is 11.6 Å². The molecule has 1 aliphatic rings. The van der Waals surface area contributed by atoms with E-state index in [9.17, 15) is 9.18 Å². The van der Waals surface area contributed by atoms with Crippen molar-refractivity contribution in [2.45, 2.75) is 19.4 Å². The number of amides is 1. The van der Waals surface area contributed by atoms with Crippen LogP contribution < -0.4 is 15.5 Å². The van der Waals surface area contributed by atoms with Gasteiger partial charge in [0.2, 0.25) is 11.9 Å². The lowest BCUT2D eigenvalue weighted by Gasteiger charge is -2.31. The number of benzene rings is 2. The SMILES string of the molecule is O=C(NCc1ccc(Cl)cc1)C1CCN(c2nccc(Nc3ccccc3F)n2)CC1. The van der Waals surface area contributed by atoms with Crippen LogP contribution in [0.1, 0.15) is 18.4 Å². The molecule has 31 heavy (non-hydrogen) atoms. The van der Waals surface area contributed by atoms with Crippen molar-refractivity contribution in [1.29, 1.82) is 0 Å². The zero-order chi connectivity index (χ0) is 21.6. The first-order valence-corrected chi connectivity index (χ1v) is 10.6. The fraction of sp³-hybridized carbons (Fsp3) is 0.261. The van der Waals surface area contributed by atoms with Crippen molar-refractivity contribution in [3.63, 3.8) is 0 Å². The Bertz CT molecular complexity index is 1040. The molecule has 1 saturated heterocycles. The first-order valence-electron chi connectivity index (χ1n) is 10.2. The Balaban J connectivity index is 1.30. The van der Waals surface area contributed by atoms with E-state index in [1.54, 1.807) is 30.5 Å². The summed E-state index contributed by atoms with van der Waals surface area (Å²) in [6.45, 7) is 1.85. The van der Waals surface area contributed by atoms with Gasteiger partial charge in [-0.05, 0) is 48.7 Å². The van der Waals surface area contributed by atoms with Crippen molar-refractivity contribution in [3.8, 4) is 0 Å². The number of halogens is 2. The number of nitrogens with zero attached hydrogens (tertiary/aromatic N) is 3. The molecular formula is C23H23ClFN5O. The van der Waals surface area contributed by atoms with Gasteiger partial charge in [0.15, 0.2) is 0 Å². The van der Waals surface area contributed by atoms with Crippen LogP contribution in [-0.2, 0) is 11.3 Å². The highest BCUT2D eigenvalue weighted by molar-refractivity contribution is 6.30. The van der Waals surface area contributed by atoms with Gasteiger partial charge >= 0.3 is 0 Å². The molecule has 0 atom stereocenters. The second-order valence-electron chi connectivity index (χ2n) is 7.45. The number of nitrogens with one attached hydrogen (secondary N) is 2. The molecule has 0 unspecified atom stereocenters. The standard InChI is InChI=1S/C23H23ClFN5O/c24-18-7-5-16(6-8-18)15-27-22(31)17-10-13-30(14-11-17)23-26-12-9-21(29-23)28-20-4-2-1-3-19(20)25/h1-9,12,17H,10-11,13-15H2,(H,27,31)(H,26,28,29). The van der Waals surface area contributed by atoms with E-state index in [1.807, 2.05) is 24.3 Å². The van der Waals surface area contributed by atoms with E-state index < -0.39 is 0 Å². The zero-order valence-corrected chi connectivity index (χ0v) is 17.6. The highest BCUT2D eigenvalue weighted by atomic mass is 35.5. The topological polar surface area (TPSA) is 70.2 Å². The summed E-state index contributed by atoms with van der Waals surface area (Å²) in [4.78, 5) is 23.5. The second-order valence-corrected chi connectivity index (χ2v) is 7.89. The lowest BCUT2D eigenvalue weighted by atomic mass is 9.96. The minimum atomic E-state index is -0.340. The number of para-hydroxylation sites is 1. The van der Waals surface area contributed by atoms with Gasteiger partial charge in [-0.2, -0.15) is 4.98 Å². The van der Waals surface area contributed by atoms with Crippen molar-refractivity contribution in [3.05, 3.63) is 77.2 Å². The maximum atomic E-state index is 13.9. The van der Waals surface area contributed by atoms with Crippen LogP contribution in [0.15, 0.2) is 60.8 Å². The van der Waals surface area contributed by atoms with Gasteiger partial charge in [0.25, 0.3) is 0 Å². The molecule has 1 aliphatic heterocycles. The Morgan fingerprint density at radius 2 is 1.84 bits per heavy atom. The maximum Gasteiger partial charge on any atom is 0.227 e. The number of hydrogen-bond donors (Lipinski definition) is 2. The molecule has 2 heterocycles. The van der Waals surface area contributed by atoms with Crippen molar-refractivity contribution >= 4 is 35.0 Å². The first-order chi connectivity index (χ1) is 15.1. The van der Waals surface area contributed by atoms with Gasteiger partial charge < -0.3 is 15.5 Å². The third-order valence-electron chi connectivity index (χ3n) is 5.31. The number of anilines is 3. The largest absolute Gasteiger partial charge is 0.352 e. The molecule has 1 fully saturated rings. The summed E-state index contributed by atoms with van der Waals surface area (Å²) >= 11 is 5.89. The molecule has 0 radical (unpaired) electrons. The summed E-state index contributed by atoms with van der Waals surface area (Å²) in [5, 5.41) is 6.67. The molecule has 6 nitrogen and oxygen atoms in total. The minimum absolute atomic E-state index is 0.0386. The molecule has 3 aromatic rings. The van der Waals surface area contributed by atoms with Crippen LogP contribution in [-0.4, -0.2) is 29.0 Å². The first kappa shape index (κ1) is 21.1. The Morgan fingerprint density at radius 3 is 2.58 bits per heavy atom. The fourth-order valence-corrected chi connectivity index (χ4v) is 3.67. The quantitative estimate of drug-likeness (QED) is 0.589. The van der Waals surface area contributed by atoms with Crippen LogP contribution in [0.5, 0.6) is 0 Å². The van der Waals surface area contributed by atoms with Crippen LogP contribution in [0.3, 0.4) is 0 Å². The lowest BCUT2D eigenvalue weighted by Crippen LogP contribution is -2.41. The van der Waals surface area contributed by atoms with E-state index in [4.69, 9.17) is 11.6 Å². The van der Waals surface area contributed by atoms with Crippen LogP contribution in [0, 0.1) is 11.7 Å². The van der Waals surface area contributed by atoms with Gasteiger partial charge in [-0.25, -0.2) is 9.37 Å². The highest BCUT2D eigenvalue weighted by Crippen LogP contribution is 2.23.